The number of aromatic nitrogens is 2. The number of anilines is 1. The highest BCUT2D eigenvalue weighted by Crippen LogP contribution is 2.23. The van der Waals surface area contributed by atoms with Crippen molar-refractivity contribution in [3.8, 4) is 17.0 Å². The second-order valence-electron chi connectivity index (χ2n) is 9.46. The van der Waals surface area contributed by atoms with Crippen LogP contribution in [0.25, 0.3) is 11.3 Å². The van der Waals surface area contributed by atoms with Crippen LogP contribution in [-0.4, -0.2) is 77.8 Å². The van der Waals surface area contributed by atoms with Crippen LogP contribution in [0.15, 0.2) is 60.7 Å². The molecule has 10 heteroatoms. The van der Waals surface area contributed by atoms with Gasteiger partial charge in [-0.15, -0.1) is 10.2 Å². The number of rotatable bonds is 8. The Balaban J connectivity index is 1.35. The number of hydrogen-bond donors (Lipinski definition) is 1. The van der Waals surface area contributed by atoms with Gasteiger partial charge in [0.05, 0.1) is 12.8 Å². The number of hydrogen-bond acceptors (Lipinski definition) is 6. The molecule has 4 rings (SSSR count). The summed E-state index contributed by atoms with van der Waals surface area (Å²) in [6, 6.07) is 17.0. The first-order chi connectivity index (χ1) is 18.3. The first-order valence-electron chi connectivity index (χ1n) is 12.6. The lowest BCUT2D eigenvalue weighted by Crippen LogP contribution is -2.53. The fourth-order valence-corrected chi connectivity index (χ4v) is 4.23. The lowest BCUT2D eigenvalue weighted by Gasteiger charge is -2.36. The van der Waals surface area contributed by atoms with Gasteiger partial charge in [-0.25, -0.2) is 9.18 Å². The fraction of sp³-hybridized carbons (Fsp3) is 0.357. The summed E-state index contributed by atoms with van der Waals surface area (Å²) in [5, 5.41) is 11.6. The zero-order valence-electron chi connectivity index (χ0n) is 21.9. The molecule has 1 saturated heterocycles. The molecule has 1 fully saturated rings. The Morgan fingerprint density at radius 1 is 1.03 bits per heavy atom. The Labute approximate surface area is 222 Å². The van der Waals surface area contributed by atoms with E-state index in [1.54, 1.807) is 24.1 Å². The maximum atomic E-state index is 13.3. The number of methoxy groups -OCH3 is 1. The van der Waals surface area contributed by atoms with Crippen molar-refractivity contribution in [2.24, 2.45) is 0 Å². The lowest BCUT2D eigenvalue weighted by molar-refractivity contribution is -0.132. The number of nitrogens with one attached hydrogen (secondary N) is 1. The van der Waals surface area contributed by atoms with Crippen molar-refractivity contribution in [1.82, 2.24) is 25.3 Å². The van der Waals surface area contributed by atoms with E-state index in [4.69, 9.17) is 4.74 Å². The van der Waals surface area contributed by atoms with Crippen LogP contribution in [0.1, 0.15) is 19.4 Å². The number of ether oxygens (including phenoxy) is 1. The maximum absolute atomic E-state index is 13.3. The van der Waals surface area contributed by atoms with Crippen LogP contribution in [-0.2, 0) is 11.3 Å². The molecule has 3 aromatic rings. The van der Waals surface area contributed by atoms with Crippen molar-refractivity contribution in [3.05, 3.63) is 72.0 Å². The Morgan fingerprint density at radius 3 is 2.39 bits per heavy atom. The highest BCUT2D eigenvalue weighted by molar-refractivity contribution is 5.84. The summed E-state index contributed by atoms with van der Waals surface area (Å²) >= 11 is 0. The van der Waals surface area contributed by atoms with Gasteiger partial charge in [0.25, 0.3) is 0 Å². The second-order valence-corrected chi connectivity index (χ2v) is 9.46. The van der Waals surface area contributed by atoms with Gasteiger partial charge in [-0.1, -0.05) is 24.3 Å². The average molecular weight is 521 g/mol. The molecule has 9 nitrogen and oxygen atoms in total. The van der Waals surface area contributed by atoms with Crippen LogP contribution < -0.4 is 15.0 Å². The smallest absolute Gasteiger partial charge is 0.318 e. The van der Waals surface area contributed by atoms with E-state index in [0.717, 1.165) is 28.4 Å². The molecule has 0 aliphatic carbocycles. The second kappa shape index (κ2) is 12.4. The zero-order chi connectivity index (χ0) is 27.1. The van der Waals surface area contributed by atoms with E-state index < -0.39 is 0 Å². The quantitative estimate of drug-likeness (QED) is 0.489. The fourth-order valence-electron chi connectivity index (χ4n) is 4.23. The molecular weight excluding hydrogens is 487 g/mol. The number of carbonyl (C=O) groups is 2. The summed E-state index contributed by atoms with van der Waals surface area (Å²) in [5.74, 6) is 1.02. The van der Waals surface area contributed by atoms with E-state index in [2.05, 4.69) is 20.4 Å². The largest absolute Gasteiger partial charge is 0.497 e. The minimum Gasteiger partial charge on any atom is -0.497 e. The predicted molar refractivity (Wildman–Crippen MR) is 143 cm³/mol. The van der Waals surface area contributed by atoms with Crippen LogP contribution in [0.2, 0.25) is 0 Å². The summed E-state index contributed by atoms with van der Waals surface area (Å²) in [5.41, 5.74) is 2.42. The average Bonchev–Trinajstić information content (AvgIpc) is 2.93. The molecule has 0 bridgehead atoms. The molecule has 0 spiro atoms. The number of halogens is 1. The van der Waals surface area contributed by atoms with Gasteiger partial charge < -0.3 is 24.8 Å². The molecule has 1 N–H and O–H groups in total. The third-order valence-electron chi connectivity index (χ3n) is 6.28. The van der Waals surface area contributed by atoms with Gasteiger partial charge in [-0.3, -0.25) is 4.79 Å². The zero-order valence-corrected chi connectivity index (χ0v) is 21.9. The van der Waals surface area contributed by atoms with Crippen molar-refractivity contribution < 1.29 is 18.7 Å². The molecule has 0 atom stereocenters. The van der Waals surface area contributed by atoms with Crippen molar-refractivity contribution in [2.45, 2.75) is 26.4 Å². The van der Waals surface area contributed by atoms with E-state index in [0.29, 0.717) is 26.2 Å². The first-order valence-corrected chi connectivity index (χ1v) is 12.6. The monoisotopic (exact) mass is 520 g/mol. The van der Waals surface area contributed by atoms with Crippen molar-refractivity contribution in [2.75, 3.05) is 44.7 Å². The van der Waals surface area contributed by atoms with Gasteiger partial charge in [0.1, 0.15) is 18.1 Å². The highest BCUT2D eigenvalue weighted by Gasteiger charge is 2.26. The minimum atomic E-state index is -0.347. The predicted octanol–water partition coefficient (Wildman–Crippen LogP) is 3.56. The van der Waals surface area contributed by atoms with Crippen molar-refractivity contribution in [3.63, 3.8) is 0 Å². The molecule has 1 aliphatic heterocycles. The molecule has 1 aromatic heterocycles. The normalized spacial score (nSPS) is 13.4. The van der Waals surface area contributed by atoms with Gasteiger partial charge in [0, 0.05) is 44.3 Å². The SMILES string of the molecule is COc1cccc(-c2ccc(N3CCN(C(=O)CN(Cc4ccc(F)cc4)C(=O)NC(C)C)CC3)nn2)c1. The van der Waals surface area contributed by atoms with Crippen molar-refractivity contribution in [1.29, 1.82) is 0 Å². The number of nitrogens with zero attached hydrogens (tertiary/aromatic N) is 5. The van der Waals surface area contributed by atoms with E-state index in [1.165, 1.54) is 17.0 Å². The van der Waals surface area contributed by atoms with E-state index in [9.17, 15) is 14.0 Å². The molecule has 0 saturated carbocycles. The number of piperazine rings is 1. The van der Waals surface area contributed by atoms with Crippen LogP contribution in [0, 0.1) is 5.82 Å². The molecule has 200 valence electrons. The third-order valence-corrected chi connectivity index (χ3v) is 6.28. The van der Waals surface area contributed by atoms with Gasteiger partial charge in [-0.05, 0) is 55.8 Å². The van der Waals surface area contributed by atoms with Gasteiger partial charge in [-0.2, -0.15) is 0 Å². The van der Waals surface area contributed by atoms with E-state index in [-0.39, 0.29) is 36.9 Å². The molecular formula is C28H33FN6O3. The number of carbonyl (C=O) groups excluding carboxylic acids is 2. The van der Waals surface area contributed by atoms with Crippen LogP contribution in [0.3, 0.4) is 0 Å². The minimum absolute atomic E-state index is 0.0645. The van der Waals surface area contributed by atoms with Gasteiger partial charge in [0.15, 0.2) is 5.82 Å². The summed E-state index contributed by atoms with van der Waals surface area (Å²) < 4.78 is 18.6. The first kappa shape index (κ1) is 26.8. The summed E-state index contributed by atoms with van der Waals surface area (Å²) in [7, 11) is 1.63. The van der Waals surface area contributed by atoms with Crippen molar-refractivity contribution >= 4 is 17.8 Å². The number of amides is 3. The standard InChI is InChI=1S/C28H33FN6O3/c1-20(2)30-28(37)35(18-21-7-9-23(29)10-8-21)19-27(36)34-15-13-33(14-16-34)26-12-11-25(31-32-26)22-5-4-6-24(17-22)38-3/h4-12,17,20H,13-16,18-19H2,1-3H3,(H,30,37). The van der Waals surface area contributed by atoms with Crippen LogP contribution in [0.5, 0.6) is 5.75 Å². The third kappa shape index (κ3) is 6.96. The van der Waals surface area contributed by atoms with Crippen LogP contribution >= 0.6 is 0 Å². The highest BCUT2D eigenvalue weighted by atomic mass is 19.1. The molecule has 0 unspecified atom stereocenters. The molecule has 1 aliphatic rings. The van der Waals surface area contributed by atoms with E-state index >= 15 is 0 Å². The van der Waals surface area contributed by atoms with E-state index in [1.807, 2.05) is 50.2 Å². The summed E-state index contributed by atoms with van der Waals surface area (Å²) in [6.45, 7) is 6.10. The molecule has 0 radical (unpaired) electrons. The molecule has 38 heavy (non-hydrogen) atoms. The van der Waals surface area contributed by atoms with Crippen LogP contribution in [0.4, 0.5) is 15.0 Å². The molecule has 3 amide bonds. The Morgan fingerprint density at radius 2 is 1.76 bits per heavy atom. The Hall–Kier alpha value is -4.21. The number of benzene rings is 2. The molecule has 2 aromatic carbocycles. The summed E-state index contributed by atoms with van der Waals surface area (Å²) in [4.78, 5) is 31.2. The Kier molecular flexibility index (Phi) is 8.73. The molecule has 2 heterocycles. The van der Waals surface area contributed by atoms with Gasteiger partial charge >= 0.3 is 6.03 Å². The van der Waals surface area contributed by atoms with Gasteiger partial charge in [0.2, 0.25) is 5.91 Å². The Bertz CT molecular complexity index is 1230. The summed E-state index contributed by atoms with van der Waals surface area (Å²) in [6.07, 6.45) is 0. The maximum Gasteiger partial charge on any atom is 0.318 e. The lowest BCUT2D eigenvalue weighted by atomic mass is 10.1. The number of urea groups is 1. The topological polar surface area (TPSA) is 90.9 Å².